The molecule has 1 aromatic carbocycles. The van der Waals surface area contributed by atoms with E-state index in [0.717, 1.165) is 29.5 Å². The molecule has 2 nitrogen and oxygen atoms in total. The van der Waals surface area contributed by atoms with Crippen molar-refractivity contribution in [2.75, 3.05) is 0 Å². The highest BCUT2D eigenvalue weighted by molar-refractivity contribution is 6.09. The summed E-state index contributed by atoms with van der Waals surface area (Å²) in [6, 6.07) is 5.76. The molecule has 0 aliphatic carbocycles. The lowest BCUT2D eigenvalue weighted by Crippen LogP contribution is -2.10. The van der Waals surface area contributed by atoms with Crippen LogP contribution in [0, 0.1) is 13.8 Å². The van der Waals surface area contributed by atoms with Crippen molar-refractivity contribution in [3.63, 3.8) is 0 Å². The van der Waals surface area contributed by atoms with Gasteiger partial charge in [-0.2, -0.15) is 0 Å². The normalized spacial score (nSPS) is 10.3. The molecule has 0 saturated heterocycles. The molecule has 0 aromatic heterocycles. The monoisotopic (exact) mass is 232 g/mol. The Bertz CT molecular complexity index is 399. The van der Waals surface area contributed by atoms with Gasteiger partial charge in [0.25, 0.3) is 0 Å². The number of hydrogen-bond donors (Lipinski definition) is 0. The number of ketones is 2. The van der Waals surface area contributed by atoms with E-state index in [9.17, 15) is 9.59 Å². The van der Waals surface area contributed by atoms with Crippen LogP contribution in [0.1, 0.15) is 54.1 Å². The molecule has 1 rings (SSSR count). The zero-order valence-electron chi connectivity index (χ0n) is 10.9. The predicted molar refractivity (Wildman–Crippen MR) is 69.4 cm³/mol. The Morgan fingerprint density at radius 1 is 1.12 bits per heavy atom. The van der Waals surface area contributed by atoms with Gasteiger partial charge in [-0.15, -0.1) is 0 Å². The molecule has 0 radical (unpaired) electrons. The van der Waals surface area contributed by atoms with Crippen LogP contribution in [0.3, 0.4) is 0 Å². The van der Waals surface area contributed by atoms with E-state index in [4.69, 9.17) is 0 Å². The summed E-state index contributed by atoms with van der Waals surface area (Å²) < 4.78 is 0. The third kappa shape index (κ3) is 3.81. The number of rotatable bonds is 6. The summed E-state index contributed by atoms with van der Waals surface area (Å²) in [5, 5.41) is 0. The molecule has 0 heterocycles. The second-order valence-electron chi connectivity index (χ2n) is 4.51. The van der Waals surface area contributed by atoms with Gasteiger partial charge in [0.05, 0.1) is 6.42 Å². The average molecular weight is 232 g/mol. The minimum absolute atomic E-state index is 0.0401. The van der Waals surface area contributed by atoms with Gasteiger partial charge in [-0.25, -0.2) is 0 Å². The maximum Gasteiger partial charge on any atom is 0.170 e. The van der Waals surface area contributed by atoms with Crippen molar-refractivity contribution in [3.05, 3.63) is 34.9 Å². The fourth-order valence-corrected chi connectivity index (χ4v) is 1.98. The summed E-state index contributed by atoms with van der Waals surface area (Å²) in [6.07, 6.45) is 2.43. The molecule has 1 aromatic rings. The van der Waals surface area contributed by atoms with Crippen molar-refractivity contribution >= 4 is 11.6 Å². The topological polar surface area (TPSA) is 34.1 Å². The first-order valence-corrected chi connectivity index (χ1v) is 6.17. The van der Waals surface area contributed by atoms with Crippen LogP contribution in [0.25, 0.3) is 0 Å². The molecule has 0 N–H and O–H groups in total. The van der Waals surface area contributed by atoms with Crippen LogP contribution in [0.15, 0.2) is 18.2 Å². The van der Waals surface area contributed by atoms with Crippen molar-refractivity contribution < 1.29 is 9.59 Å². The zero-order valence-corrected chi connectivity index (χ0v) is 10.9. The summed E-state index contributed by atoms with van der Waals surface area (Å²) >= 11 is 0. The molecular weight excluding hydrogens is 212 g/mol. The summed E-state index contributed by atoms with van der Waals surface area (Å²) in [7, 11) is 0. The molecule has 0 spiro atoms. The number of unbranched alkanes of at least 4 members (excludes halogenated alkanes) is 1. The molecule has 0 aliphatic heterocycles. The molecule has 0 fully saturated rings. The number of carbonyl (C=O) groups is 2. The lowest BCUT2D eigenvalue weighted by Gasteiger charge is -2.07. The van der Waals surface area contributed by atoms with Gasteiger partial charge in [-0.3, -0.25) is 9.59 Å². The number of Topliss-reactive ketones (excluding diaryl/α,β-unsaturated/α-hetero) is 2. The van der Waals surface area contributed by atoms with E-state index < -0.39 is 0 Å². The Hall–Kier alpha value is -1.44. The van der Waals surface area contributed by atoms with Gasteiger partial charge in [0.15, 0.2) is 5.78 Å². The van der Waals surface area contributed by atoms with Gasteiger partial charge in [-0.1, -0.05) is 31.5 Å². The number of carbonyl (C=O) groups excluding carboxylic acids is 2. The van der Waals surface area contributed by atoms with E-state index in [1.54, 1.807) is 0 Å². The fourth-order valence-electron chi connectivity index (χ4n) is 1.98. The van der Waals surface area contributed by atoms with Gasteiger partial charge >= 0.3 is 0 Å². The van der Waals surface area contributed by atoms with Gasteiger partial charge < -0.3 is 0 Å². The Kier molecular flexibility index (Phi) is 5.08. The highest BCUT2D eigenvalue weighted by Gasteiger charge is 2.15. The molecule has 0 amide bonds. The van der Waals surface area contributed by atoms with Crippen LogP contribution in [0.2, 0.25) is 0 Å². The minimum Gasteiger partial charge on any atom is -0.299 e. The van der Waals surface area contributed by atoms with E-state index in [1.165, 1.54) is 0 Å². The summed E-state index contributed by atoms with van der Waals surface area (Å²) in [6.45, 7) is 5.87. The maximum absolute atomic E-state index is 12.0. The largest absolute Gasteiger partial charge is 0.299 e. The molecule has 2 heteroatoms. The smallest absolute Gasteiger partial charge is 0.170 e. The third-order valence-corrected chi connectivity index (χ3v) is 2.93. The fraction of sp³-hybridized carbons (Fsp3) is 0.467. The first-order chi connectivity index (χ1) is 8.06. The first kappa shape index (κ1) is 13.6. The molecule has 0 bridgehead atoms. The molecule has 0 unspecified atom stereocenters. The lowest BCUT2D eigenvalue weighted by molar-refractivity contribution is -0.118. The Balaban J connectivity index is 2.73. The van der Waals surface area contributed by atoms with E-state index >= 15 is 0 Å². The maximum atomic E-state index is 12.0. The van der Waals surface area contributed by atoms with E-state index in [1.807, 2.05) is 39.0 Å². The standard InChI is InChI=1S/C15H20O2/c1-4-5-9-13(16)10-14(17)15-11(2)7-6-8-12(15)3/h6-8H,4-5,9-10H2,1-3H3. The Morgan fingerprint density at radius 2 is 1.71 bits per heavy atom. The number of aryl methyl sites for hydroxylation is 2. The van der Waals surface area contributed by atoms with E-state index in [0.29, 0.717) is 6.42 Å². The van der Waals surface area contributed by atoms with Crippen LogP contribution >= 0.6 is 0 Å². The quantitative estimate of drug-likeness (QED) is 0.554. The molecule has 17 heavy (non-hydrogen) atoms. The first-order valence-electron chi connectivity index (χ1n) is 6.17. The molecule has 0 atom stereocenters. The highest BCUT2D eigenvalue weighted by atomic mass is 16.1. The average Bonchev–Trinajstić information content (AvgIpc) is 2.26. The van der Waals surface area contributed by atoms with Crippen LogP contribution in [-0.2, 0) is 4.79 Å². The third-order valence-electron chi connectivity index (χ3n) is 2.93. The molecule has 0 saturated carbocycles. The van der Waals surface area contributed by atoms with Crippen molar-refractivity contribution in [3.8, 4) is 0 Å². The Labute approximate surface area is 103 Å². The second-order valence-corrected chi connectivity index (χ2v) is 4.51. The summed E-state index contributed by atoms with van der Waals surface area (Å²) in [5.41, 5.74) is 2.63. The van der Waals surface area contributed by atoms with Crippen LogP contribution in [0.5, 0.6) is 0 Å². The van der Waals surface area contributed by atoms with Gasteiger partial charge in [0.1, 0.15) is 5.78 Å². The number of hydrogen-bond acceptors (Lipinski definition) is 2. The zero-order chi connectivity index (χ0) is 12.8. The lowest BCUT2D eigenvalue weighted by atomic mass is 9.95. The van der Waals surface area contributed by atoms with Gasteiger partial charge in [0.2, 0.25) is 0 Å². The van der Waals surface area contributed by atoms with E-state index in [-0.39, 0.29) is 18.0 Å². The summed E-state index contributed by atoms with van der Waals surface area (Å²) in [4.78, 5) is 23.6. The Morgan fingerprint density at radius 3 is 2.24 bits per heavy atom. The predicted octanol–water partition coefficient (Wildman–Crippen LogP) is 3.64. The summed E-state index contributed by atoms with van der Waals surface area (Å²) in [5.74, 6) is 0.0150. The van der Waals surface area contributed by atoms with Crippen molar-refractivity contribution in [1.82, 2.24) is 0 Å². The minimum atomic E-state index is -0.0401. The molecule has 92 valence electrons. The molecular formula is C15H20O2. The van der Waals surface area contributed by atoms with Crippen LogP contribution < -0.4 is 0 Å². The van der Waals surface area contributed by atoms with Gasteiger partial charge in [-0.05, 0) is 31.4 Å². The van der Waals surface area contributed by atoms with Crippen molar-refractivity contribution in [2.45, 2.75) is 46.5 Å². The van der Waals surface area contributed by atoms with Crippen molar-refractivity contribution in [2.24, 2.45) is 0 Å². The van der Waals surface area contributed by atoms with Crippen LogP contribution in [-0.4, -0.2) is 11.6 Å². The second kappa shape index (κ2) is 6.33. The van der Waals surface area contributed by atoms with E-state index in [2.05, 4.69) is 0 Å². The van der Waals surface area contributed by atoms with Crippen LogP contribution in [0.4, 0.5) is 0 Å². The molecule has 0 aliphatic rings. The SMILES string of the molecule is CCCCC(=O)CC(=O)c1c(C)cccc1C. The number of benzene rings is 1. The highest BCUT2D eigenvalue weighted by Crippen LogP contribution is 2.16. The van der Waals surface area contributed by atoms with Gasteiger partial charge in [0, 0.05) is 12.0 Å². The van der Waals surface area contributed by atoms with Crippen molar-refractivity contribution in [1.29, 1.82) is 0 Å².